The summed E-state index contributed by atoms with van der Waals surface area (Å²) in [5.41, 5.74) is 10.8. The van der Waals surface area contributed by atoms with Crippen molar-refractivity contribution in [2.45, 2.75) is 0 Å². The lowest BCUT2D eigenvalue weighted by Crippen LogP contribution is -1.96. The fourth-order valence-corrected chi connectivity index (χ4v) is 5.93. The molecule has 0 unspecified atom stereocenters. The Morgan fingerprint density at radius 1 is 0.349 bits per heavy atom. The molecule has 0 saturated carbocycles. The van der Waals surface area contributed by atoms with E-state index in [1.807, 2.05) is 36.4 Å². The standard InChI is InChI=1S/C40H27N3/c1-3-12-29(13-4-1)36-27-37(42-40(41-36)31-14-5-2-6-15-31)30-24-22-28(23-25-30)32-16-11-17-33(26-32)43-38-20-9-7-18-34(38)35-19-8-10-21-39(35)43/h1-27H. The van der Waals surface area contributed by atoms with Gasteiger partial charge < -0.3 is 4.57 Å². The van der Waals surface area contributed by atoms with Crippen LogP contribution in [0.1, 0.15) is 0 Å². The Hall–Kier alpha value is -5.80. The van der Waals surface area contributed by atoms with Gasteiger partial charge in [0.05, 0.1) is 22.4 Å². The highest BCUT2D eigenvalue weighted by Crippen LogP contribution is 2.34. The third-order valence-corrected chi connectivity index (χ3v) is 8.03. The van der Waals surface area contributed by atoms with Crippen molar-refractivity contribution in [3.05, 3.63) is 164 Å². The van der Waals surface area contributed by atoms with Crippen LogP contribution in [-0.2, 0) is 0 Å². The van der Waals surface area contributed by atoms with Gasteiger partial charge in [-0.2, -0.15) is 0 Å². The van der Waals surface area contributed by atoms with Crippen LogP contribution in [0.5, 0.6) is 0 Å². The molecular weight excluding hydrogens is 522 g/mol. The first kappa shape index (κ1) is 25.0. The maximum absolute atomic E-state index is 4.99. The van der Waals surface area contributed by atoms with E-state index in [1.165, 1.54) is 27.4 Å². The van der Waals surface area contributed by atoms with Crippen molar-refractivity contribution in [1.82, 2.24) is 14.5 Å². The fourth-order valence-electron chi connectivity index (χ4n) is 5.93. The highest BCUT2D eigenvalue weighted by atomic mass is 15.0. The smallest absolute Gasteiger partial charge is 0.160 e. The van der Waals surface area contributed by atoms with Crippen molar-refractivity contribution in [2.75, 3.05) is 0 Å². The average Bonchev–Trinajstić information content (AvgIpc) is 3.43. The Kier molecular flexibility index (Phi) is 6.12. The minimum Gasteiger partial charge on any atom is -0.309 e. The first-order chi connectivity index (χ1) is 21.3. The molecule has 0 saturated heterocycles. The molecule has 2 aromatic heterocycles. The maximum atomic E-state index is 4.99. The Morgan fingerprint density at radius 3 is 1.47 bits per heavy atom. The molecule has 8 rings (SSSR count). The van der Waals surface area contributed by atoms with E-state index >= 15 is 0 Å². The molecular formula is C40H27N3. The molecule has 0 fully saturated rings. The van der Waals surface area contributed by atoms with E-state index in [1.54, 1.807) is 0 Å². The lowest BCUT2D eigenvalue weighted by molar-refractivity contribution is 1.18. The van der Waals surface area contributed by atoms with Crippen LogP contribution >= 0.6 is 0 Å². The minimum atomic E-state index is 0.722. The zero-order valence-electron chi connectivity index (χ0n) is 23.4. The van der Waals surface area contributed by atoms with Crippen molar-refractivity contribution < 1.29 is 0 Å². The molecule has 202 valence electrons. The Morgan fingerprint density at radius 2 is 0.837 bits per heavy atom. The average molecular weight is 550 g/mol. The van der Waals surface area contributed by atoms with Gasteiger partial charge in [0.1, 0.15) is 0 Å². The van der Waals surface area contributed by atoms with E-state index in [9.17, 15) is 0 Å². The van der Waals surface area contributed by atoms with Gasteiger partial charge in [-0.15, -0.1) is 0 Å². The van der Waals surface area contributed by atoms with E-state index in [4.69, 9.17) is 9.97 Å². The number of hydrogen-bond donors (Lipinski definition) is 0. The van der Waals surface area contributed by atoms with E-state index in [0.717, 1.165) is 45.2 Å². The second-order valence-electron chi connectivity index (χ2n) is 10.7. The molecule has 3 heteroatoms. The number of rotatable bonds is 5. The number of fused-ring (bicyclic) bond motifs is 3. The summed E-state index contributed by atoms with van der Waals surface area (Å²) in [6.07, 6.45) is 0. The van der Waals surface area contributed by atoms with Crippen LogP contribution in [-0.4, -0.2) is 14.5 Å². The van der Waals surface area contributed by atoms with Gasteiger partial charge in [-0.1, -0.05) is 133 Å². The van der Waals surface area contributed by atoms with Crippen LogP contribution in [0.3, 0.4) is 0 Å². The second kappa shape index (κ2) is 10.6. The van der Waals surface area contributed by atoms with Gasteiger partial charge in [-0.3, -0.25) is 0 Å². The Balaban J connectivity index is 1.19. The van der Waals surface area contributed by atoms with Crippen molar-refractivity contribution in [3.8, 4) is 50.7 Å². The lowest BCUT2D eigenvalue weighted by atomic mass is 10.0. The van der Waals surface area contributed by atoms with Gasteiger partial charge in [-0.05, 0) is 41.5 Å². The Bertz CT molecular complexity index is 2100. The zero-order chi connectivity index (χ0) is 28.6. The maximum Gasteiger partial charge on any atom is 0.160 e. The highest BCUT2D eigenvalue weighted by molar-refractivity contribution is 6.09. The van der Waals surface area contributed by atoms with E-state index in [0.29, 0.717) is 0 Å². The van der Waals surface area contributed by atoms with E-state index in [2.05, 4.69) is 132 Å². The van der Waals surface area contributed by atoms with Gasteiger partial charge in [0.25, 0.3) is 0 Å². The second-order valence-corrected chi connectivity index (χ2v) is 10.7. The zero-order valence-corrected chi connectivity index (χ0v) is 23.4. The quantitative estimate of drug-likeness (QED) is 0.214. The van der Waals surface area contributed by atoms with Gasteiger partial charge in [-0.25, -0.2) is 9.97 Å². The highest BCUT2D eigenvalue weighted by Gasteiger charge is 2.13. The summed E-state index contributed by atoms with van der Waals surface area (Å²) < 4.78 is 2.36. The molecule has 0 aliphatic heterocycles. The molecule has 0 atom stereocenters. The number of aromatic nitrogens is 3. The normalized spacial score (nSPS) is 11.3. The lowest BCUT2D eigenvalue weighted by Gasteiger charge is -2.12. The summed E-state index contributed by atoms with van der Waals surface area (Å²) >= 11 is 0. The molecule has 2 heterocycles. The predicted molar refractivity (Wildman–Crippen MR) is 178 cm³/mol. The fraction of sp³-hybridized carbons (Fsp3) is 0. The van der Waals surface area contributed by atoms with E-state index in [-0.39, 0.29) is 0 Å². The molecule has 8 aromatic rings. The van der Waals surface area contributed by atoms with Gasteiger partial charge >= 0.3 is 0 Å². The van der Waals surface area contributed by atoms with Crippen LogP contribution in [0.2, 0.25) is 0 Å². The molecule has 6 aromatic carbocycles. The topological polar surface area (TPSA) is 30.7 Å². The molecule has 0 amide bonds. The van der Waals surface area contributed by atoms with Crippen molar-refractivity contribution in [1.29, 1.82) is 0 Å². The molecule has 43 heavy (non-hydrogen) atoms. The summed E-state index contributed by atoms with van der Waals surface area (Å²) in [6.45, 7) is 0. The summed E-state index contributed by atoms with van der Waals surface area (Å²) in [6, 6.07) is 57.3. The number of nitrogens with zero attached hydrogens (tertiary/aromatic N) is 3. The van der Waals surface area contributed by atoms with Crippen molar-refractivity contribution in [2.24, 2.45) is 0 Å². The molecule has 0 bridgehead atoms. The minimum absolute atomic E-state index is 0.722. The Labute approximate surface area is 250 Å². The molecule has 3 nitrogen and oxygen atoms in total. The summed E-state index contributed by atoms with van der Waals surface area (Å²) in [4.78, 5) is 9.92. The van der Waals surface area contributed by atoms with Crippen molar-refractivity contribution >= 4 is 21.8 Å². The largest absolute Gasteiger partial charge is 0.309 e. The van der Waals surface area contributed by atoms with Crippen LogP contribution in [0.4, 0.5) is 0 Å². The monoisotopic (exact) mass is 549 g/mol. The predicted octanol–water partition coefficient (Wildman–Crippen LogP) is 10.2. The first-order valence-electron chi connectivity index (χ1n) is 14.5. The van der Waals surface area contributed by atoms with Crippen LogP contribution in [0.15, 0.2) is 164 Å². The molecule has 0 radical (unpaired) electrons. The number of hydrogen-bond acceptors (Lipinski definition) is 2. The van der Waals surface area contributed by atoms with Crippen molar-refractivity contribution in [3.63, 3.8) is 0 Å². The van der Waals surface area contributed by atoms with E-state index < -0.39 is 0 Å². The third-order valence-electron chi connectivity index (χ3n) is 8.03. The summed E-state index contributed by atoms with van der Waals surface area (Å²) in [7, 11) is 0. The van der Waals surface area contributed by atoms with Gasteiger partial charge in [0.15, 0.2) is 5.82 Å². The van der Waals surface area contributed by atoms with Crippen LogP contribution in [0, 0.1) is 0 Å². The summed E-state index contributed by atoms with van der Waals surface area (Å²) in [5.74, 6) is 0.722. The van der Waals surface area contributed by atoms with Gasteiger partial charge in [0.2, 0.25) is 0 Å². The molecule has 0 N–H and O–H groups in total. The molecule has 0 aliphatic rings. The SMILES string of the molecule is c1ccc(-c2cc(-c3ccc(-c4cccc(-n5c6ccccc6c6ccccc65)c4)cc3)nc(-c3ccccc3)n2)cc1. The first-order valence-corrected chi connectivity index (χ1v) is 14.5. The van der Waals surface area contributed by atoms with Gasteiger partial charge in [0, 0.05) is 33.2 Å². The molecule has 0 spiro atoms. The summed E-state index contributed by atoms with van der Waals surface area (Å²) in [5, 5.41) is 2.53. The van der Waals surface area contributed by atoms with Crippen LogP contribution in [0.25, 0.3) is 72.5 Å². The third kappa shape index (κ3) is 4.58. The molecule has 0 aliphatic carbocycles. The number of benzene rings is 6. The van der Waals surface area contributed by atoms with Crippen LogP contribution < -0.4 is 0 Å². The number of para-hydroxylation sites is 2.